The molecule has 0 amide bonds. The third-order valence-corrected chi connectivity index (χ3v) is 2.99. The zero-order valence-corrected chi connectivity index (χ0v) is 10.3. The molecule has 0 aromatic heterocycles. The molecule has 0 bridgehead atoms. The molecule has 15 heavy (non-hydrogen) atoms. The Bertz CT molecular complexity index is 291. The standard InChI is InChI=1S/C14H23N/c1-4-5-6-10-15-11-14-9-7-8-12(2)13(14)3/h7-9,15H,4-6,10-11H2,1-3H3. The Morgan fingerprint density at radius 1 is 1.13 bits per heavy atom. The van der Waals surface area contributed by atoms with Crippen LogP contribution in [-0.4, -0.2) is 6.54 Å². The zero-order valence-electron chi connectivity index (χ0n) is 10.3. The third kappa shape index (κ3) is 4.05. The first-order valence-electron chi connectivity index (χ1n) is 6.01. The molecule has 0 spiro atoms. The molecule has 0 unspecified atom stereocenters. The molecular formula is C14H23N. The van der Waals surface area contributed by atoms with Crippen molar-refractivity contribution in [3.8, 4) is 0 Å². The van der Waals surface area contributed by atoms with Crippen LogP contribution in [-0.2, 0) is 6.54 Å². The Morgan fingerprint density at radius 3 is 2.67 bits per heavy atom. The van der Waals surface area contributed by atoms with Crippen LogP contribution >= 0.6 is 0 Å². The molecule has 1 aromatic carbocycles. The topological polar surface area (TPSA) is 12.0 Å². The molecule has 0 saturated heterocycles. The van der Waals surface area contributed by atoms with E-state index in [4.69, 9.17) is 0 Å². The molecule has 0 aliphatic heterocycles. The SMILES string of the molecule is CCCCCNCc1cccc(C)c1C. The van der Waals surface area contributed by atoms with Crippen LogP contribution in [0.3, 0.4) is 0 Å². The fourth-order valence-corrected chi connectivity index (χ4v) is 1.73. The summed E-state index contributed by atoms with van der Waals surface area (Å²) < 4.78 is 0. The fourth-order valence-electron chi connectivity index (χ4n) is 1.73. The van der Waals surface area contributed by atoms with Crippen molar-refractivity contribution in [1.82, 2.24) is 5.32 Å². The molecule has 0 saturated carbocycles. The molecule has 1 N–H and O–H groups in total. The maximum absolute atomic E-state index is 3.50. The summed E-state index contributed by atoms with van der Waals surface area (Å²) in [6.07, 6.45) is 3.92. The number of benzene rings is 1. The van der Waals surface area contributed by atoms with E-state index in [9.17, 15) is 0 Å². The second-order valence-electron chi connectivity index (χ2n) is 4.24. The van der Waals surface area contributed by atoms with Crippen molar-refractivity contribution in [3.63, 3.8) is 0 Å². The lowest BCUT2D eigenvalue weighted by molar-refractivity contribution is 0.615. The van der Waals surface area contributed by atoms with Crippen LogP contribution in [0.4, 0.5) is 0 Å². The van der Waals surface area contributed by atoms with E-state index in [1.807, 2.05) is 0 Å². The van der Waals surface area contributed by atoms with Crippen molar-refractivity contribution in [2.45, 2.75) is 46.6 Å². The van der Waals surface area contributed by atoms with E-state index in [0.717, 1.165) is 13.1 Å². The maximum Gasteiger partial charge on any atom is 0.0208 e. The van der Waals surface area contributed by atoms with Gasteiger partial charge in [0.05, 0.1) is 0 Å². The van der Waals surface area contributed by atoms with Crippen LogP contribution in [0.25, 0.3) is 0 Å². The quantitative estimate of drug-likeness (QED) is 0.700. The lowest BCUT2D eigenvalue weighted by Crippen LogP contribution is -2.15. The van der Waals surface area contributed by atoms with Gasteiger partial charge in [0.2, 0.25) is 0 Å². The molecule has 1 heteroatoms. The molecule has 0 heterocycles. The predicted octanol–water partition coefficient (Wildman–Crippen LogP) is 3.58. The first-order valence-corrected chi connectivity index (χ1v) is 6.01. The maximum atomic E-state index is 3.50. The van der Waals surface area contributed by atoms with E-state index in [1.165, 1.54) is 36.0 Å². The van der Waals surface area contributed by atoms with Crippen LogP contribution in [0, 0.1) is 13.8 Å². The van der Waals surface area contributed by atoms with Gasteiger partial charge in [0, 0.05) is 6.54 Å². The van der Waals surface area contributed by atoms with Crippen LogP contribution in [0.1, 0.15) is 42.9 Å². The Balaban J connectivity index is 2.34. The van der Waals surface area contributed by atoms with Crippen molar-refractivity contribution in [3.05, 3.63) is 34.9 Å². The van der Waals surface area contributed by atoms with Gasteiger partial charge in [-0.2, -0.15) is 0 Å². The summed E-state index contributed by atoms with van der Waals surface area (Å²) in [5.41, 5.74) is 4.26. The number of aryl methyl sites for hydroxylation is 1. The Morgan fingerprint density at radius 2 is 1.93 bits per heavy atom. The summed E-state index contributed by atoms with van der Waals surface area (Å²) in [5, 5.41) is 3.50. The summed E-state index contributed by atoms with van der Waals surface area (Å²) >= 11 is 0. The van der Waals surface area contributed by atoms with Gasteiger partial charge in [-0.15, -0.1) is 0 Å². The van der Waals surface area contributed by atoms with Gasteiger partial charge in [0.15, 0.2) is 0 Å². The highest BCUT2D eigenvalue weighted by Gasteiger charge is 1.99. The van der Waals surface area contributed by atoms with E-state index < -0.39 is 0 Å². The Hall–Kier alpha value is -0.820. The number of rotatable bonds is 6. The first-order chi connectivity index (χ1) is 7.25. The highest BCUT2D eigenvalue weighted by Crippen LogP contribution is 2.12. The van der Waals surface area contributed by atoms with E-state index in [2.05, 4.69) is 44.3 Å². The highest BCUT2D eigenvalue weighted by molar-refractivity contribution is 5.32. The fraction of sp³-hybridized carbons (Fsp3) is 0.571. The monoisotopic (exact) mass is 205 g/mol. The van der Waals surface area contributed by atoms with Crippen molar-refractivity contribution < 1.29 is 0 Å². The van der Waals surface area contributed by atoms with Gasteiger partial charge < -0.3 is 5.32 Å². The van der Waals surface area contributed by atoms with Crippen molar-refractivity contribution in [2.24, 2.45) is 0 Å². The van der Waals surface area contributed by atoms with Crippen LogP contribution < -0.4 is 5.32 Å². The van der Waals surface area contributed by atoms with Gasteiger partial charge in [-0.05, 0) is 43.5 Å². The van der Waals surface area contributed by atoms with Crippen LogP contribution in [0.15, 0.2) is 18.2 Å². The largest absolute Gasteiger partial charge is 0.313 e. The molecule has 0 radical (unpaired) electrons. The van der Waals surface area contributed by atoms with Gasteiger partial charge in [-0.3, -0.25) is 0 Å². The number of unbranched alkanes of at least 4 members (excludes halogenated alkanes) is 2. The van der Waals surface area contributed by atoms with Gasteiger partial charge in [-0.1, -0.05) is 38.0 Å². The Labute approximate surface area is 93.9 Å². The van der Waals surface area contributed by atoms with Crippen molar-refractivity contribution in [1.29, 1.82) is 0 Å². The minimum Gasteiger partial charge on any atom is -0.313 e. The van der Waals surface area contributed by atoms with E-state index in [1.54, 1.807) is 0 Å². The highest BCUT2D eigenvalue weighted by atomic mass is 14.8. The van der Waals surface area contributed by atoms with Crippen LogP contribution in [0.2, 0.25) is 0 Å². The molecule has 1 aromatic rings. The van der Waals surface area contributed by atoms with E-state index in [-0.39, 0.29) is 0 Å². The molecule has 1 nitrogen and oxygen atoms in total. The summed E-state index contributed by atoms with van der Waals surface area (Å²) in [5.74, 6) is 0. The van der Waals surface area contributed by atoms with Gasteiger partial charge in [-0.25, -0.2) is 0 Å². The average molecular weight is 205 g/mol. The molecule has 84 valence electrons. The lowest BCUT2D eigenvalue weighted by atomic mass is 10.0. The third-order valence-electron chi connectivity index (χ3n) is 2.99. The normalized spacial score (nSPS) is 10.6. The predicted molar refractivity (Wildman–Crippen MR) is 67.1 cm³/mol. The molecule has 1 rings (SSSR count). The van der Waals surface area contributed by atoms with Crippen molar-refractivity contribution in [2.75, 3.05) is 6.54 Å². The summed E-state index contributed by atoms with van der Waals surface area (Å²) in [7, 11) is 0. The summed E-state index contributed by atoms with van der Waals surface area (Å²) in [6.45, 7) is 8.78. The number of nitrogens with one attached hydrogen (secondary N) is 1. The number of hydrogen-bond acceptors (Lipinski definition) is 1. The number of hydrogen-bond donors (Lipinski definition) is 1. The lowest BCUT2D eigenvalue weighted by Gasteiger charge is -2.09. The second-order valence-corrected chi connectivity index (χ2v) is 4.24. The van der Waals surface area contributed by atoms with Gasteiger partial charge in [0.1, 0.15) is 0 Å². The van der Waals surface area contributed by atoms with Crippen LogP contribution in [0.5, 0.6) is 0 Å². The zero-order chi connectivity index (χ0) is 11.1. The molecule has 0 atom stereocenters. The van der Waals surface area contributed by atoms with Gasteiger partial charge >= 0.3 is 0 Å². The summed E-state index contributed by atoms with van der Waals surface area (Å²) in [6, 6.07) is 6.54. The minimum atomic E-state index is 1.01. The van der Waals surface area contributed by atoms with E-state index >= 15 is 0 Å². The molecule has 0 aliphatic rings. The molecular weight excluding hydrogens is 182 g/mol. The minimum absolute atomic E-state index is 1.01. The molecule has 0 fully saturated rings. The summed E-state index contributed by atoms with van der Waals surface area (Å²) in [4.78, 5) is 0. The van der Waals surface area contributed by atoms with Crippen molar-refractivity contribution >= 4 is 0 Å². The average Bonchev–Trinajstić information content (AvgIpc) is 2.24. The smallest absolute Gasteiger partial charge is 0.0208 e. The molecule has 0 aliphatic carbocycles. The first kappa shape index (κ1) is 12.3. The Kier molecular flexibility index (Phi) is 5.41. The van der Waals surface area contributed by atoms with Gasteiger partial charge in [0.25, 0.3) is 0 Å². The van der Waals surface area contributed by atoms with E-state index in [0.29, 0.717) is 0 Å². The second kappa shape index (κ2) is 6.62.